The molecule has 0 atom stereocenters. The molecule has 5 nitrogen and oxygen atoms in total. The molecule has 0 aromatic heterocycles. The molecular formula is C18H25Cl2N3O2SW. The van der Waals surface area contributed by atoms with E-state index in [-0.39, 0.29) is 0 Å². The number of nitrogens with two attached hydrogens (primary N) is 1. The van der Waals surface area contributed by atoms with Gasteiger partial charge in [-0.05, 0) is 55.7 Å². The topological polar surface area (TPSA) is 88.5 Å². The molecular weight excluding hydrogens is 577 g/mol. The summed E-state index contributed by atoms with van der Waals surface area (Å²) >= 11 is 10.3. The average molecular weight is 604 g/mol. The zero-order valence-corrected chi connectivity index (χ0v) is 20.7. The zero-order chi connectivity index (χ0) is 21.8. The van der Waals surface area contributed by atoms with Gasteiger partial charge in [-0.2, -0.15) is 0 Å². The number of hydrogen-bond acceptors (Lipinski definition) is 6. The van der Waals surface area contributed by atoms with Crippen molar-refractivity contribution in [3.63, 3.8) is 0 Å². The third-order valence-corrected chi connectivity index (χ3v) is 3.22. The van der Waals surface area contributed by atoms with E-state index in [1.54, 1.807) is 24.3 Å². The zero-order valence-electron chi connectivity index (χ0n) is 16.5. The van der Waals surface area contributed by atoms with Crippen LogP contribution in [0.25, 0.3) is 0 Å². The van der Waals surface area contributed by atoms with Crippen molar-refractivity contribution in [1.29, 1.82) is 3.91 Å². The molecule has 0 amide bonds. The van der Waals surface area contributed by atoms with Crippen LogP contribution in [0.1, 0.15) is 25.8 Å². The molecule has 0 radical (unpaired) electrons. The van der Waals surface area contributed by atoms with Gasteiger partial charge in [0.2, 0.25) is 0 Å². The Kier molecular flexibility index (Phi) is 18.9. The van der Waals surface area contributed by atoms with E-state index in [9.17, 15) is 4.91 Å². The van der Waals surface area contributed by atoms with Crippen molar-refractivity contribution in [2.45, 2.75) is 27.2 Å². The van der Waals surface area contributed by atoms with Gasteiger partial charge in [0.05, 0.1) is 0 Å². The molecule has 3 N–H and O–H groups in total. The predicted molar refractivity (Wildman–Crippen MR) is 114 cm³/mol. The molecule has 0 fully saturated rings. The molecule has 9 heteroatoms. The molecule has 0 saturated heterocycles. The number of rotatable bonds is 4. The Balaban J connectivity index is 0. The number of benzene rings is 2. The Morgan fingerprint density at radius 3 is 1.93 bits per heavy atom. The molecule has 0 aliphatic carbocycles. The Labute approximate surface area is 184 Å². The van der Waals surface area contributed by atoms with Gasteiger partial charge in [-0.1, -0.05) is 54.7 Å². The Morgan fingerprint density at radius 2 is 1.63 bits per heavy atom. The van der Waals surface area contributed by atoms with Gasteiger partial charge in [0.15, 0.2) is 5.34 Å². The first-order valence-corrected chi connectivity index (χ1v) is 13.9. The second-order valence-corrected chi connectivity index (χ2v) is 8.14. The molecule has 0 unspecified atom stereocenters. The van der Waals surface area contributed by atoms with E-state index in [1.807, 2.05) is 31.2 Å². The maximum absolute atomic E-state index is 9.31. The van der Waals surface area contributed by atoms with E-state index in [0.717, 1.165) is 22.2 Å². The van der Waals surface area contributed by atoms with Gasteiger partial charge in [-0.15, -0.1) is 4.91 Å². The van der Waals surface area contributed by atoms with Crippen LogP contribution in [0.5, 0.6) is 0 Å². The first kappa shape index (κ1) is 25.9. The molecule has 0 aliphatic rings. The molecule has 27 heavy (non-hydrogen) atoms. The third-order valence-electron chi connectivity index (χ3n) is 2.72. The summed E-state index contributed by atoms with van der Waals surface area (Å²) < 4.78 is 9.01. The molecule has 0 spiro atoms. The second kappa shape index (κ2) is 19.7. The van der Waals surface area contributed by atoms with Gasteiger partial charge in [0, 0.05) is 15.7 Å². The van der Waals surface area contributed by atoms with Crippen LogP contribution in [0.4, 0.5) is 5.69 Å². The summed E-state index contributed by atoms with van der Waals surface area (Å²) in [5.41, 5.74) is 7.36. The minimum atomic E-state index is -0.880. The molecule has 0 saturated carbocycles. The molecule has 2 rings (SSSR count). The Hall–Kier alpha value is -1.07. The van der Waals surface area contributed by atoms with E-state index in [1.165, 1.54) is 5.56 Å². The summed E-state index contributed by atoms with van der Waals surface area (Å²) in [6.07, 6.45) is 0.895. The summed E-state index contributed by atoms with van der Waals surface area (Å²) in [6, 6.07) is 14.8. The third kappa shape index (κ3) is 22.9. The molecule has 2 aromatic carbocycles. The van der Waals surface area contributed by atoms with E-state index >= 15 is 0 Å². The fraction of sp³-hybridized carbons (Fsp3) is 0.333. The van der Waals surface area contributed by atoms with Crippen LogP contribution >= 0.6 is 33.0 Å². The van der Waals surface area contributed by atoms with E-state index in [4.69, 9.17) is 30.3 Å². The Morgan fingerprint density at radius 1 is 1.19 bits per heavy atom. The van der Waals surface area contributed by atoms with Crippen LogP contribution in [0.15, 0.2) is 53.9 Å². The Bertz CT molecular complexity index is 601. The summed E-state index contributed by atoms with van der Waals surface area (Å²) in [7, 11) is 4.37. The van der Waals surface area contributed by atoms with Crippen LogP contribution in [0.2, 0.25) is 11.5 Å². The van der Waals surface area contributed by atoms with Gasteiger partial charge in [-0.25, -0.2) is 0 Å². The van der Waals surface area contributed by atoms with Crippen molar-refractivity contribution in [3.05, 3.63) is 69.0 Å². The first-order chi connectivity index (χ1) is 13.3. The fourth-order valence-electron chi connectivity index (χ4n) is 1.32. The number of nitrogens with zero attached hydrogens (tertiary/aromatic N) is 1. The SMILES string of the molecule is CC(C)CCON=O.Cc1ccc(Cl)cc1.Nc1ccc(Cl)cc1.[3H][N]=[W]=[S]. The van der Waals surface area contributed by atoms with E-state index in [0.29, 0.717) is 12.5 Å². The van der Waals surface area contributed by atoms with Crippen molar-refractivity contribution in [2.75, 3.05) is 12.3 Å². The van der Waals surface area contributed by atoms with Gasteiger partial charge in [-0.3, -0.25) is 0 Å². The van der Waals surface area contributed by atoms with Crippen molar-refractivity contribution >= 4 is 38.7 Å². The van der Waals surface area contributed by atoms with E-state index in [2.05, 4.69) is 37.8 Å². The van der Waals surface area contributed by atoms with Crippen LogP contribution in [-0.4, -0.2) is 6.61 Å². The van der Waals surface area contributed by atoms with Crippen LogP contribution in [0, 0.1) is 21.7 Å². The molecule has 0 bridgehead atoms. The number of nitrogens with one attached hydrogen (secondary N) is 1. The normalized spacial score (nSPS) is 9.04. The summed E-state index contributed by atoms with van der Waals surface area (Å²) in [6.45, 7) is 6.61. The number of hydrogen-bond donors (Lipinski definition) is 2. The van der Waals surface area contributed by atoms with Gasteiger partial charge in [0.1, 0.15) is 6.61 Å². The molecule has 0 aliphatic heterocycles. The summed E-state index contributed by atoms with van der Waals surface area (Å²) in [4.78, 5) is 13.5. The monoisotopic (exact) mass is 603 g/mol. The second-order valence-electron chi connectivity index (χ2n) is 5.51. The first-order valence-electron chi connectivity index (χ1n) is 8.32. The van der Waals surface area contributed by atoms with Crippen molar-refractivity contribution in [2.24, 2.45) is 11.3 Å². The van der Waals surface area contributed by atoms with Crippen LogP contribution < -0.4 is 5.73 Å². The maximum atomic E-state index is 9.31. The number of halogens is 2. The van der Waals surface area contributed by atoms with Gasteiger partial charge < -0.3 is 10.6 Å². The summed E-state index contributed by atoms with van der Waals surface area (Å²) in [5, 5.41) is 3.78. The van der Waals surface area contributed by atoms with Crippen molar-refractivity contribution in [1.82, 2.24) is 0 Å². The van der Waals surface area contributed by atoms with Crippen molar-refractivity contribution < 1.29 is 22.8 Å². The molecule has 2 aromatic rings. The quantitative estimate of drug-likeness (QED) is 0.167. The summed E-state index contributed by atoms with van der Waals surface area (Å²) in [5.74, 6) is 0.580. The molecule has 150 valence electrons. The standard InChI is InChI=1S/C7H7Cl.C6H6ClN.C5H11NO2.HN.S.W/c1-6-2-4-7(8)5-3-6;7-5-1-3-6(8)4-2-5;1-5(2)3-4-8-6-7;;;/h2-5H,1H3;1-4H,8H2;5H,3-4H2,1-2H3;1H;;/i;;;1T;;. The molecule has 0 heterocycles. The van der Waals surface area contributed by atoms with Gasteiger partial charge in [0.25, 0.3) is 0 Å². The minimum absolute atomic E-state index is 0.446. The van der Waals surface area contributed by atoms with E-state index < -0.39 is 16.6 Å². The average Bonchev–Trinajstić information content (AvgIpc) is 2.68. The van der Waals surface area contributed by atoms with Gasteiger partial charge >= 0.3 is 31.7 Å². The van der Waals surface area contributed by atoms with Crippen molar-refractivity contribution in [3.8, 4) is 0 Å². The number of anilines is 1. The number of aryl methyl sites for hydroxylation is 1. The number of nitrogen functional groups attached to an aromatic ring is 1. The fourth-order valence-corrected chi connectivity index (χ4v) is 1.57. The van der Waals surface area contributed by atoms with Crippen LogP contribution in [-0.2, 0) is 21.4 Å². The predicted octanol–water partition coefficient (Wildman–Crippen LogP) is 7.24. The van der Waals surface area contributed by atoms with Crippen LogP contribution in [0.3, 0.4) is 0 Å².